The minimum absolute atomic E-state index is 0. The molecule has 0 aromatic carbocycles. The van der Waals surface area contributed by atoms with Crippen LogP contribution in [0.2, 0.25) is 0 Å². The number of likely N-dealkylation sites (tertiary alicyclic amines) is 1. The van der Waals surface area contributed by atoms with Crippen molar-refractivity contribution in [1.29, 1.82) is 0 Å². The van der Waals surface area contributed by atoms with Crippen LogP contribution in [-0.4, -0.2) is 58.4 Å². The Hall–Kier alpha value is -0.452. The standard InChI is InChI=1S/C12H21NO4.C7H13N.CH4.Pt/c1-2-6-13(7-4-3-5-8-13)10(12(16)17)9-11(14)15;1-6-4-2-3-5-7(6)8;;/h10H,2-9H2,1H3,(H-,14,15,16,17);6-8H,1-5H2;1H4;/q;-2;;+2/p+1. The van der Waals surface area contributed by atoms with E-state index < -0.39 is 18.0 Å². The second-order valence-electron chi connectivity index (χ2n) is 7.55. The predicted octanol–water partition coefficient (Wildman–Crippen LogP) is 4.39. The fourth-order valence-electron chi connectivity index (χ4n) is 4.17. The van der Waals surface area contributed by atoms with Crippen molar-refractivity contribution in [3.8, 4) is 0 Å². The summed E-state index contributed by atoms with van der Waals surface area (Å²) in [6, 6.07) is -0.642. The predicted molar refractivity (Wildman–Crippen MR) is 105 cm³/mol. The van der Waals surface area contributed by atoms with Crippen molar-refractivity contribution < 1.29 is 45.4 Å². The third kappa shape index (κ3) is 9.53. The molecule has 0 aromatic rings. The molecule has 6 nitrogen and oxygen atoms in total. The van der Waals surface area contributed by atoms with Crippen LogP contribution < -0.4 is 0 Å². The van der Waals surface area contributed by atoms with Crippen LogP contribution in [0.3, 0.4) is 0 Å². The van der Waals surface area contributed by atoms with Gasteiger partial charge in [0.25, 0.3) is 0 Å². The number of quaternary nitrogens is 1. The number of carboxylic acids is 2. The summed E-state index contributed by atoms with van der Waals surface area (Å²) in [5.74, 6) is -1.57. The van der Waals surface area contributed by atoms with Crippen molar-refractivity contribution in [3.05, 3.63) is 12.7 Å². The van der Waals surface area contributed by atoms with Crippen LogP contribution in [0.5, 0.6) is 0 Å². The summed E-state index contributed by atoms with van der Waals surface area (Å²) in [6.07, 6.45) is 8.56. The summed E-state index contributed by atoms with van der Waals surface area (Å²) in [6.45, 7) is 8.29. The van der Waals surface area contributed by atoms with Crippen molar-refractivity contribution in [2.24, 2.45) is 5.92 Å². The molecule has 162 valence electrons. The van der Waals surface area contributed by atoms with Gasteiger partial charge < -0.3 is 27.4 Å². The molecule has 1 heterocycles. The van der Waals surface area contributed by atoms with E-state index >= 15 is 0 Å². The van der Waals surface area contributed by atoms with E-state index in [0.717, 1.165) is 51.7 Å². The smallest absolute Gasteiger partial charge is 0.677 e. The van der Waals surface area contributed by atoms with Crippen molar-refractivity contribution in [1.82, 2.24) is 0 Å². The van der Waals surface area contributed by atoms with Crippen molar-refractivity contribution in [2.75, 3.05) is 19.6 Å². The molecule has 1 aliphatic heterocycles. The van der Waals surface area contributed by atoms with Crippen LogP contribution in [0.25, 0.3) is 5.73 Å². The number of rotatable bonds is 6. The van der Waals surface area contributed by atoms with Gasteiger partial charge in [-0.25, -0.2) is 4.79 Å². The van der Waals surface area contributed by atoms with Gasteiger partial charge >= 0.3 is 33.0 Å². The first-order valence-electron chi connectivity index (χ1n) is 9.67. The monoisotopic (exact) mass is 566 g/mol. The van der Waals surface area contributed by atoms with Crippen molar-refractivity contribution >= 4 is 11.9 Å². The van der Waals surface area contributed by atoms with Gasteiger partial charge in [-0.3, -0.25) is 4.79 Å². The van der Waals surface area contributed by atoms with Gasteiger partial charge in [0.1, 0.15) is 6.42 Å². The fraction of sp³-hybridized carbons (Fsp3) is 0.850. The minimum atomic E-state index is -1.02. The molecule has 1 saturated heterocycles. The van der Waals surface area contributed by atoms with E-state index in [0.29, 0.717) is 10.4 Å². The molecular weight excluding hydrogens is 527 g/mol. The van der Waals surface area contributed by atoms with Crippen molar-refractivity contribution in [2.45, 2.75) is 84.2 Å². The van der Waals surface area contributed by atoms with Crippen LogP contribution in [-0.2, 0) is 30.7 Å². The third-order valence-corrected chi connectivity index (χ3v) is 5.60. The third-order valence-electron chi connectivity index (χ3n) is 5.60. The molecule has 27 heavy (non-hydrogen) atoms. The Labute approximate surface area is 179 Å². The summed E-state index contributed by atoms with van der Waals surface area (Å²) < 4.78 is 0.456. The van der Waals surface area contributed by atoms with E-state index in [-0.39, 0.29) is 41.0 Å². The Morgan fingerprint density at radius 3 is 2.04 bits per heavy atom. The minimum Gasteiger partial charge on any atom is -0.677 e. The molecule has 0 bridgehead atoms. The van der Waals surface area contributed by atoms with Gasteiger partial charge in [0.15, 0.2) is 6.04 Å². The number of aliphatic carboxylic acids is 2. The number of nitrogens with zero attached hydrogens (tertiary/aromatic N) is 1. The van der Waals surface area contributed by atoms with Crippen LogP contribution in [0.15, 0.2) is 0 Å². The molecule has 0 spiro atoms. The number of carbonyl (C=O) groups is 2. The van der Waals surface area contributed by atoms with Crippen LogP contribution >= 0.6 is 0 Å². The van der Waals surface area contributed by atoms with E-state index in [1.165, 1.54) is 19.3 Å². The van der Waals surface area contributed by atoms with E-state index in [9.17, 15) is 14.7 Å². The Morgan fingerprint density at radius 1 is 1.11 bits per heavy atom. The average molecular weight is 567 g/mol. The van der Waals surface area contributed by atoms with Gasteiger partial charge in [-0.2, -0.15) is 12.0 Å². The van der Waals surface area contributed by atoms with Gasteiger partial charge in [0, 0.05) is 0 Å². The topological polar surface area (TPSA) is 98.4 Å². The summed E-state index contributed by atoms with van der Waals surface area (Å²) >= 11 is 0. The molecule has 7 heteroatoms. The maximum absolute atomic E-state index is 11.3. The van der Waals surface area contributed by atoms with E-state index in [1.807, 2.05) is 6.92 Å². The summed E-state index contributed by atoms with van der Waals surface area (Å²) in [4.78, 5) is 22.2. The zero-order valence-electron chi connectivity index (χ0n) is 15.9. The first-order valence-corrected chi connectivity index (χ1v) is 9.67. The molecule has 0 aromatic heterocycles. The Kier molecular flexibility index (Phi) is 15.5. The van der Waals surface area contributed by atoms with E-state index in [4.69, 9.17) is 10.8 Å². The second kappa shape index (κ2) is 14.5. The molecular formula is C20H39N2O4Pt+. The Bertz CT molecular complexity index is 413. The van der Waals surface area contributed by atoms with Gasteiger partial charge in [0.2, 0.25) is 0 Å². The molecule has 2 aliphatic rings. The molecule has 0 amide bonds. The van der Waals surface area contributed by atoms with Crippen LogP contribution in [0.1, 0.15) is 72.1 Å². The molecule has 0 radical (unpaired) electrons. The molecule has 3 unspecified atom stereocenters. The van der Waals surface area contributed by atoms with Gasteiger partial charge in [0.05, 0.1) is 19.6 Å². The molecule has 2 fully saturated rings. The fourth-order valence-corrected chi connectivity index (χ4v) is 4.17. The Balaban J connectivity index is 0. The van der Waals surface area contributed by atoms with Gasteiger partial charge in [-0.05, 0) is 25.7 Å². The average Bonchev–Trinajstić information content (AvgIpc) is 2.57. The maximum Gasteiger partial charge on any atom is 2.00 e. The molecule has 3 N–H and O–H groups in total. The van der Waals surface area contributed by atoms with Gasteiger partial charge in [-0.1, -0.05) is 40.0 Å². The molecule has 1 saturated carbocycles. The molecule has 2 rings (SSSR count). The number of hydrogen-bond acceptors (Lipinski definition) is 2. The molecule has 3 atom stereocenters. The van der Waals surface area contributed by atoms with E-state index in [1.54, 1.807) is 0 Å². The zero-order valence-corrected chi connectivity index (χ0v) is 18.2. The van der Waals surface area contributed by atoms with Crippen LogP contribution in [0.4, 0.5) is 0 Å². The number of hydrogen-bond donors (Lipinski definition) is 2. The number of nitrogens with one attached hydrogen (secondary N) is 1. The van der Waals surface area contributed by atoms with Gasteiger partial charge in [-0.15, -0.1) is 0 Å². The first-order chi connectivity index (χ1) is 11.8. The van der Waals surface area contributed by atoms with E-state index in [2.05, 4.69) is 6.92 Å². The summed E-state index contributed by atoms with van der Waals surface area (Å²) in [5.41, 5.74) is 7.42. The maximum atomic E-state index is 11.3. The first kappa shape index (κ1) is 28.8. The quantitative estimate of drug-likeness (QED) is 0.368. The Morgan fingerprint density at radius 2 is 1.67 bits per heavy atom. The SMILES string of the molecule is C.CCC[N+]1(C(CC(=O)O)C(=O)O)CCCCC1.[CH2-]C1CCCCC1[NH-].[Pt+2]. The van der Waals surface area contributed by atoms with Crippen molar-refractivity contribution in [3.63, 3.8) is 0 Å². The summed E-state index contributed by atoms with van der Waals surface area (Å²) in [5, 5.41) is 18.2. The summed E-state index contributed by atoms with van der Waals surface area (Å²) in [7, 11) is 0. The van der Waals surface area contributed by atoms with Crippen LogP contribution in [0, 0.1) is 12.8 Å². The normalized spacial score (nSPS) is 24.9. The largest absolute Gasteiger partial charge is 2.00 e. The second-order valence-corrected chi connectivity index (χ2v) is 7.55. The molecule has 1 aliphatic carbocycles. The number of piperidine rings is 1. The zero-order chi connectivity index (χ0) is 18.9. The number of carboxylic acid groups (broad SMARTS) is 2.